The number of ether oxygens (including phenoxy) is 1. The second kappa shape index (κ2) is 7.15. The molecule has 1 unspecified atom stereocenters. The zero-order valence-corrected chi connectivity index (χ0v) is 13.7. The van der Waals surface area contributed by atoms with E-state index in [1.165, 1.54) is 0 Å². The number of anilines is 1. The highest BCUT2D eigenvalue weighted by molar-refractivity contribution is 5.91. The van der Waals surface area contributed by atoms with E-state index in [1.807, 2.05) is 13.0 Å². The van der Waals surface area contributed by atoms with Crippen molar-refractivity contribution in [2.24, 2.45) is 0 Å². The molecule has 0 aliphatic rings. The Morgan fingerprint density at radius 2 is 1.95 bits per heavy atom. The second-order valence-corrected chi connectivity index (χ2v) is 6.21. The molecule has 0 bridgehead atoms. The number of carbonyl (C=O) groups excluding carboxylic acids is 1. The summed E-state index contributed by atoms with van der Waals surface area (Å²) < 4.78 is 5.16. The topological polar surface area (TPSA) is 87.7 Å². The molecule has 6 heteroatoms. The average molecular weight is 308 g/mol. The predicted octanol–water partition coefficient (Wildman–Crippen LogP) is 3.02. The van der Waals surface area contributed by atoms with Gasteiger partial charge in [-0.2, -0.15) is 0 Å². The first-order chi connectivity index (χ1) is 10.1. The van der Waals surface area contributed by atoms with E-state index in [2.05, 4.69) is 10.6 Å². The Morgan fingerprint density at radius 3 is 2.50 bits per heavy atom. The molecular weight excluding hydrogens is 284 g/mol. The number of carboxylic acids is 1. The van der Waals surface area contributed by atoms with Crippen LogP contribution >= 0.6 is 0 Å². The van der Waals surface area contributed by atoms with E-state index < -0.39 is 17.7 Å². The van der Waals surface area contributed by atoms with Crippen molar-refractivity contribution in [2.45, 2.75) is 46.3 Å². The molecule has 0 heterocycles. The number of nitrogens with one attached hydrogen (secondary N) is 2. The predicted molar refractivity (Wildman–Crippen MR) is 85.5 cm³/mol. The average Bonchev–Trinajstić information content (AvgIpc) is 2.36. The summed E-state index contributed by atoms with van der Waals surface area (Å²) in [5, 5.41) is 15.0. The molecular formula is C16H24N2O4. The molecule has 0 fully saturated rings. The van der Waals surface area contributed by atoms with Gasteiger partial charge < -0.3 is 20.5 Å². The monoisotopic (exact) mass is 308 g/mol. The zero-order chi connectivity index (χ0) is 16.9. The molecule has 0 aromatic heterocycles. The SMILES string of the molecule is Cc1c(NC(C)CNC(=O)OC(C)(C)C)cccc1C(=O)O. The van der Waals surface area contributed by atoms with Gasteiger partial charge in [0.1, 0.15) is 5.60 Å². The maximum Gasteiger partial charge on any atom is 0.407 e. The highest BCUT2D eigenvalue weighted by Gasteiger charge is 2.17. The number of carbonyl (C=O) groups is 2. The van der Waals surface area contributed by atoms with Crippen molar-refractivity contribution in [3.8, 4) is 0 Å². The summed E-state index contributed by atoms with van der Waals surface area (Å²) in [6.07, 6.45) is -0.475. The van der Waals surface area contributed by atoms with Crippen molar-refractivity contribution in [2.75, 3.05) is 11.9 Å². The van der Waals surface area contributed by atoms with Crippen molar-refractivity contribution in [3.63, 3.8) is 0 Å². The van der Waals surface area contributed by atoms with Crippen LogP contribution in [0.5, 0.6) is 0 Å². The fourth-order valence-electron chi connectivity index (χ4n) is 1.89. The summed E-state index contributed by atoms with van der Waals surface area (Å²) in [6.45, 7) is 9.41. The van der Waals surface area contributed by atoms with Gasteiger partial charge >= 0.3 is 12.1 Å². The number of hydrogen-bond donors (Lipinski definition) is 3. The molecule has 1 aromatic carbocycles. The maximum atomic E-state index is 11.6. The van der Waals surface area contributed by atoms with Crippen molar-refractivity contribution >= 4 is 17.7 Å². The van der Waals surface area contributed by atoms with Crippen LogP contribution in [0, 0.1) is 6.92 Å². The minimum atomic E-state index is -0.958. The van der Waals surface area contributed by atoms with E-state index in [9.17, 15) is 9.59 Å². The fraction of sp³-hybridized carbons (Fsp3) is 0.500. The first-order valence-corrected chi connectivity index (χ1v) is 7.16. The Kier molecular flexibility index (Phi) is 5.79. The van der Waals surface area contributed by atoms with Gasteiger partial charge in [-0.15, -0.1) is 0 Å². The quantitative estimate of drug-likeness (QED) is 0.778. The lowest BCUT2D eigenvalue weighted by molar-refractivity contribution is 0.0525. The molecule has 0 saturated carbocycles. The molecule has 1 amide bonds. The highest BCUT2D eigenvalue weighted by Crippen LogP contribution is 2.19. The maximum absolute atomic E-state index is 11.6. The molecule has 0 spiro atoms. The third kappa shape index (κ3) is 5.63. The Morgan fingerprint density at radius 1 is 1.32 bits per heavy atom. The van der Waals surface area contributed by atoms with Crippen molar-refractivity contribution < 1.29 is 19.4 Å². The van der Waals surface area contributed by atoms with Crippen LogP contribution in [0.25, 0.3) is 0 Å². The Bertz CT molecular complexity index is 550. The lowest BCUT2D eigenvalue weighted by Gasteiger charge is -2.22. The molecule has 1 aromatic rings. The third-order valence-corrected chi connectivity index (χ3v) is 2.92. The molecule has 122 valence electrons. The van der Waals surface area contributed by atoms with Gasteiger partial charge in [-0.05, 0) is 52.3 Å². The van der Waals surface area contributed by atoms with Crippen molar-refractivity contribution in [1.29, 1.82) is 0 Å². The van der Waals surface area contributed by atoms with Crippen molar-refractivity contribution in [3.05, 3.63) is 29.3 Å². The van der Waals surface area contributed by atoms with Crippen LogP contribution in [0.2, 0.25) is 0 Å². The van der Waals surface area contributed by atoms with Gasteiger partial charge in [0.2, 0.25) is 0 Å². The van der Waals surface area contributed by atoms with E-state index in [0.29, 0.717) is 12.1 Å². The lowest BCUT2D eigenvalue weighted by Crippen LogP contribution is -2.38. The summed E-state index contributed by atoms with van der Waals surface area (Å²) in [4.78, 5) is 22.7. The fourth-order valence-corrected chi connectivity index (χ4v) is 1.89. The van der Waals surface area contributed by atoms with E-state index in [0.717, 1.165) is 5.69 Å². The van der Waals surface area contributed by atoms with Gasteiger partial charge in [-0.3, -0.25) is 0 Å². The number of hydrogen-bond acceptors (Lipinski definition) is 4. The van der Waals surface area contributed by atoms with Crippen LogP contribution in [-0.2, 0) is 4.74 Å². The number of benzene rings is 1. The third-order valence-electron chi connectivity index (χ3n) is 2.92. The number of alkyl carbamates (subject to hydrolysis) is 1. The number of carboxylic acid groups (broad SMARTS) is 1. The molecule has 1 rings (SSSR count). The standard InChI is InChI=1S/C16H24N2O4/c1-10(9-17-15(21)22-16(3,4)5)18-13-8-6-7-12(11(13)2)14(19)20/h6-8,10,18H,9H2,1-5H3,(H,17,21)(H,19,20). The van der Waals surface area contributed by atoms with Crippen LogP contribution in [0.15, 0.2) is 18.2 Å². The Labute approximate surface area is 130 Å². The van der Waals surface area contributed by atoms with E-state index in [4.69, 9.17) is 9.84 Å². The van der Waals surface area contributed by atoms with Gasteiger partial charge in [-0.25, -0.2) is 9.59 Å². The van der Waals surface area contributed by atoms with Crippen LogP contribution in [-0.4, -0.2) is 35.4 Å². The van der Waals surface area contributed by atoms with Crippen LogP contribution in [0.3, 0.4) is 0 Å². The minimum absolute atomic E-state index is 0.0738. The smallest absolute Gasteiger partial charge is 0.407 e. The summed E-state index contributed by atoms with van der Waals surface area (Å²) in [6, 6.07) is 4.99. The molecule has 0 aliphatic heterocycles. The molecule has 6 nitrogen and oxygen atoms in total. The summed E-state index contributed by atoms with van der Waals surface area (Å²) in [5.41, 5.74) is 1.13. The molecule has 3 N–H and O–H groups in total. The van der Waals surface area contributed by atoms with Crippen molar-refractivity contribution in [1.82, 2.24) is 5.32 Å². The summed E-state index contributed by atoms with van der Waals surface area (Å²) in [7, 11) is 0. The summed E-state index contributed by atoms with van der Waals surface area (Å²) >= 11 is 0. The summed E-state index contributed by atoms with van der Waals surface area (Å²) in [5.74, 6) is -0.958. The number of amides is 1. The molecule has 22 heavy (non-hydrogen) atoms. The molecule has 1 atom stereocenters. The number of aromatic carboxylic acids is 1. The van der Waals surface area contributed by atoms with Crippen LogP contribution < -0.4 is 10.6 Å². The normalized spacial score (nSPS) is 12.4. The lowest BCUT2D eigenvalue weighted by atomic mass is 10.1. The van der Waals surface area contributed by atoms with E-state index in [-0.39, 0.29) is 11.6 Å². The van der Waals surface area contributed by atoms with E-state index >= 15 is 0 Å². The van der Waals surface area contributed by atoms with Gasteiger partial charge in [0, 0.05) is 18.3 Å². The largest absolute Gasteiger partial charge is 0.478 e. The first-order valence-electron chi connectivity index (χ1n) is 7.16. The zero-order valence-electron chi connectivity index (χ0n) is 13.7. The number of rotatable bonds is 5. The highest BCUT2D eigenvalue weighted by atomic mass is 16.6. The first kappa shape index (κ1) is 17.8. The van der Waals surface area contributed by atoms with Gasteiger partial charge in [0.25, 0.3) is 0 Å². The Hall–Kier alpha value is -2.24. The van der Waals surface area contributed by atoms with Gasteiger partial charge in [0.05, 0.1) is 5.56 Å². The van der Waals surface area contributed by atoms with Gasteiger partial charge in [-0.1, -0.05) is 6.07 Å². The molecule has 0 aliphatic carbocycles. The molecule has 0 saturated heterocycles. The minimum Gasteiger partial charge on any atom is -0.478 e. The second-order valence-electron chi connectivity index (χ2n) is 6.21. The molecule has 0 radical (unpaired) electrons. The Balaban J connectivity index is 2.59. The van der Waals surface area contributed by atoms with E-state index in [1.54, 1.807) is 39.8 Å². The van der Waals surface area contributed by atoms with Gasteiger partial charge in [0.15, 0.2) is 0 Å². The van der Waals surface area contributed by atoms with Crippen LogP contribution in [0.4, 0.5) is 10.5 Å². The van der Waals surface area contributed by atoms with Crippen LogP contribution in [0.1, 0.15) is 43.6 Å².